The van der Waals surface area contributed by atoms with Gasteiger partial charge in [0.05, 0.1) is 0 Å². The molecule has 2 nitrogen and oxygen atoms in total. The predicted octanol–water partition coefficient (Wildman–Crippen LogP) is 3.67. The first kappa shape index (κ1) is 13.0. The lowest BCUT2D eigenvalue weighted by molar-refractivity contribution is 0.256. The molecule has 0 bridgehead atoms. The molecule has 2 aliphatic rings. The summed E-state index contributed by atoms with van der Waals surface area (Å²) in [6, 6.07) is 6.79. The Balaban J connectivity index is 1.70. The van der Waals surface area contributed by atoms with Crippen LogP contribution in [0.5, 0.6) is 0 Å². The van der Waals surface area contributed by atoms with E-state index < -0.39 is 0 Å². The van der Waals surface area contributed by atoms with Gasteiger partial charge in [-0.3, -0.25) is 4.90 Å². The summed E-state index contributed by atoms with van der Waals surface area (Å²) in [6.07, 6.45) is 5.23. The highest BCUT2D eigenvalue weighted by molar-refractivity contribution is 5.61. The molecule has 1 N–H and O–H groups in total. The Bertz CT molecular complexity index is 451. The van der Waals surface area contributed by atoms with Crippen molar-refractivity contribution in [2.75, 3.05) is 25.0 Å². The molecule has 2 aliphatic heterocycles. The van der Waals surface area contributed by atoms with E-state index in [0.717, 1.165) is 13.1 Å². The number of nitrogens with zero attached hydrogens (tertiary/aromatic N) is 1. The number of benzene rings is 1. The number of nitrogens with one attached hydrogen (secondary N) is 1. The van der Waals surface area contributed by atoms with Crippen molar-refractivity contribution in [3.8, 4) is 0 Å². The largest absolute Gasteiger partial charge is 0.384 e. The molecule has 1 aromatic rings. The third-order valence-corrected chi connectivity index (χ3v) is 4.76. The molecule has 3 rings (SSSR count). The second-order valence-electron chi connectivity index (χ2n) is 6.92. The number of likely N-dealkylation sites (tertiary alicyclic amines) is 1. The highest BCUT2D eigenvalue weighted by Gasteiger charge is 2.24. The van der Waals surface area contributed by atoms with E-state index in [-0.39, 0.29) is 0 Å². The van der Waals surface area contributed by atoms with Crippen LogP contribution >= 0.6 is 0 Å². The minimum atomic E-state index is 0.533. The molecule has 19 heavy (non-hydrogen) atoms. The molecule has 0 aliphatic carbocycles. The summed E-state index contributed by atoms with van der Waals surface area (Å²) in [7, 11) is 0. The fraction of sp³-hybridized carbons (Fsp3) is 0.647. The quantitative estimate of drug-likeness (QED) is 0.871. The van der Waals surface area contributed by atoms with E-state index in [2.05, 4.69) is 42.3 Å². The summed E-state index contributed by atoms with van der Waals surface area (Å²) in [5.41, 5.74) is 4.96. The molecular formula is C17H26N2. The first-order valence-corrected chi connectivity index (χ1v) is 7.71. The zero-order valence-electron chi connectivity index (χ0n) is 12.3. The highest BCUT2D eigenvalue weighted by atomic mass is 15.1. The second kappa shape index (κ2) is 5.16. The maximum Gasteiger partial charge on any atom is 0.0419 e. The van der Waals surface area contributed by atoms with E-state index in [1.165, 1.54) is 55.6 Å². The summed E-state index contributed by atoms with van der Waals surface area (Å²) >= 11 is 0. The number of fused-ring (bicyclic) bond motifs is 1. The van der Waals surface area contributed by atoms with Crippen LogP contribution in [0.2, 0.25) is 0 Å². The van der Waals surface area contributed by atoms with Crippen molar-refractivity contribution in [1.82, 2.24) is 4.90 Å². The van der Waals surface area contributed by atoms with Gasteiger partial charge in [-0.05, 0) is 55.3 Å². The van der Waals surface area contributed by atoms with Gasteiger partial charge in [-0.25, -0.2) is 0 Å². The van der Waals surface area contributed by atoms with E-state index in [0.29, 0.717) is 5.41 Å². The number of hydrogen-bond acceptors (Lipinski definition) is 2. The van der Waals surface area contributed by atoms with Crippen LogP contribution in [0.25, 0.3) is 0 Å². The smallest absolute Gasteiger partial charge is 0.0419 e. The summed E-state index contributed by atoms with van der Waals surface area (Å²) in [5, 5.41) is 3.56. The first-order chi connectivity index (χ1) is 9.14. The average molecular weight is 258 g/mol. The van der Waals surface area contributed by atoms with Gasteiger partial charge < -0.3 is 5.32 Å². The van der Waals surface area contributed by atoms with Crippen molar-refractivity contribution < 1.29 is 0 Å². The maximum atomic E-state index is 3.56. The molecular weight excluding hydrogens is 232 g/mol. The van der Waals surface area contributed by atoms with Crippen LogP contribution in [0.4, 0.5) is 5.69 Å². The lowest BCUT2D eigenvalue weighted by Crippen LogP contribution is -2.25. The summed E-state index contributed by atoms with van der Waals surface area (Å²) < 4.78 is 0. The van der Waals surface area contributed by atoms with Crippen molar-refractivity contribution in [2.24, 2.45) is 5.41 Å². The van der Waals surface area contributed by atoms with Gasteiger partial charge in [0, 0.05) is 18.8 Å². The van der Waals surface area contributed by atoms with Crippen molar-refractivity contribution in [3.05, 3.63) is 29.3 Å². The molecule has 104 valence electrons. The van der Waals surface area contributed by atoms with Crippen molar-refractivity contribution >= 4 is 5.69 Å². The van der Waals surface area contributed by atoms with E-state index in [4.69, 9.17) is 0 Å². The molecule has 0 aromatic heterocycles. The Kier molecular flexibility index (Phi) is 3.53. The molecule has 0 unspecified atom stereocenters. The van der Waals surface area contributed by atoms with Gasteiger partial charge in [-0.15, -0.1) is 0 Å². The Morgan fingerprint density at radius 1 is 1.21 bits per heavy atom. The number of anilines is 1. The normalized spacial score (nSPS) is 22.6. The molecule has 0 atom stereocenters. The monoisotopic (exact) mass is 258 g/mol. The summed E-state index contributed by atoms with van der Waals surface area (Å²) in [4.78, 5) is 2.64. The minimum absolute atomic E-state index is 0.533. The standard InChI is InChI=1S/C17H26N2/c1-17(2)8-4-11-19(12-9-17)13-15-6-3-5-14-7-10-18-16(14)15/h3,5-6,18H,4,7-13H2,1-2H3. The number of para-hydroxylation sites is 1. The predicted molar refractivity (Wildman–Crippen MR) is 81.5 cm³/mol. The second-order valence-corrected chi connectivity index (χ2v) is 6.92. The van der Waals surface area contributed by atoms with Gasteiger partial charge in [0.2, 0.25) is 0 Å². The fourth-order valence-electron chi connectivity index (χ4n) is 3.42. The van der Waals surface area contributed by atoms with Crippen LogP contribution < -0.4 is 5.32 Å². The topological polar surface area (TPSA) is 15.3 Å². The van der Waals surface area contributed by atoms with E-state index in [1.807, 2.05) is 0 Å². The van der Waals surface area contributed by atoms with Gasteiger partial charge in [-0.2, -0.15) is 0 Å². The van der Waals surface area contributed by atoms with E-state index >= 15 is 0 Å². The molecule has 1 saturated heterocycles. The molecule has 1 fully saturated rings. The molecule has 0 saturated carbocycles. The van der Waals surface area contributed by atoms with Crippen LogP contribution in [0.15, 0.2) is 18.2 Å². The Labute approximate surface area is 117 Å². The lowest BCUT2D eigenvalue weighted by atomic mass is 9.85. The Morgan fingerprint density at radius 2 is 2.11 bits per heavy atom. The van der Waals surface area contributed by atoms with Crippen molar-refractivity contribution in [3.63, 3.8) is 0 Å². The SMILES string of the molecule is CC1(C)CCCN(Cc2cccc3c2NCC3)CC1. The lowest BCUT2D eigenvalue weighted by Gasteiger charge is -2.24. The highest BCUT2D eigenvalue weighted by Crippen LogP contribution is 2.32. The van der Waals surface area contributed by atoms with Crippen molar-refractivity contribution in [2.45, 2.75) is 46.1 Å². The van der Waals surface area contributed by atoms with Gasteiger partial charge in [0.25, 0.3) is 0 Å². The number of hydrogen-bond donors (Lipinski definition) is 1. The third-order valence-electron chi connectivity index (χ3n) is 4.76. The number of rotatable bonds is 2. The molecule has 0 radical (unpaired) electrons. The molecule has 2 heterocycles. The van der Waals surface area contributed by atoms with Gasteiger partial charge in [0.1, 0.15) is 0 Å². The Morgan fingerprint density at radius 3 is 3.00 bits per heavy atom. The van der Waals surface area contributed by atoms with Gasteiger partial charge in [-0.1, -0.05) is 32.0 Å². The summed E-state index contributed by atoms with van der Waals surface area (Å²) in [6.45, 7) is 9.56. The molecule has 2 heteroatoms. The zero-order valence-corrected chi connectivity index (χ0v) is 12.3. The maximum absolute atomic E-state index is 3.56. The molecule has 0 spiro atoms. The fourth-order valence-corrected chi connectivity index (χ4v) is 3.42. The Hall–Kier alpha value is -1.02. The van der Waals surface area contributed by atoms with E-state index in [1.54, 1.807) is 0 Å². The molecule has 1 aromatic carbocycles. The third kappa shape index (κ3) is 2.94. The average Bonchev–Trinajstić information content (AvgIpc) is 2.78. The minimum Gasteiger partial charge on any atom is -0.384 e. The van der Waals surface area contributed by atoms with Crippen LogP contribution in [0, 0.1) is 5.41 Å². The van der Waals surface area contributed by atoms with E-state index in [9.17, 15) is 0 Å². The first-order valence-electron chi connectivity index (χ1n) is 7.71. The summed E-state index contributed by atoms with van der Waals surface area (Å²) in [5.74, 6) is 0. The van der Waals surface area contributed by atoms with Crippen molar-refractivity contribution in [1.29, 1.82) is 0 Å². The van der Waals surface area contributed by atoms with Crippen LogP contribution in [-0.2, 0) is 13.0 Å². The van der Waals surface area contributed by atoms with Gasteiger partial charge in [0.15, 0.2) is 0 Å². The zero-order chi connectivity index (χ0) is 13.3. The van der Waals surface area contributed by atoms with Gasteiger partial charge >= 0.3 is 0 Å². The molecule has 0 amide bonds. The van der Waals surface area contributed by atoms with Crippen LogP contribution in [0.1, 0.15) is 44.2 Å². The van der Waals surface area contributed by atoms with Crippen LogP contribution in [0.3, 0.4) is 0 Å². The van der Waals surface area contributed by atoms with Crippen LogP contribution in [-0.4, -0.2) is 24.5 Å².